The highest BCUT2D eigenvalue weighted by Crippen LogP contribution is 2.35. The zero-order chi connectivity index (χ0) is 21.5. The van der Waals surface area contributed by atoms with E-state index in [0.29, 0.717) is 34.1 Å². The third-order valence-electron chi connectivity index (χ3n) is 4.57. The number of methoxy groups -OCH3 is 2. The van der Waals surface area contributed by atoms with Crippen molar-refractivity contribution in [2.45, 2.75) is 17.9 Å². The predicted molar refractivity (Wildman–Crippen MR) is 115 cm³/mol. The third-order valence-corrected chi connectivity index (χ3v) is 5.54. The Morgan fingerprint density at radius 2 is 1.87 bits per heavy atom. The van der Waals surface area contributed by atoms with Gasteiger partial charge in [-0.3, -0.25) is 0 Å². The van der Waals surface area contributed by atoms with Gasteiger partial charge in [-0.2, -0.15) is 0 Å². The average Bonchev–Trinajstić information content (AvgIpc) is 2.76. The number of hydrogen-bond acceptors (Lipinski definition) is 6. The van der Waals surface area contributed by atoms with Crippen molar-refractivity contribution in [2.24, 2.45) is 0 Å². The molecule has 7 nitrogen and oxygen atoms in total. The summed E-state index contributed by atoms with van der Waals surface area (Å²) < 4.78 is 16.2. The van der Waals surface area contributed by atoms with Crippen LogP contribution in [0.3, 0.4) is 0 Å². The highest BCUT2D eigenvalue weighted by atomic mass is 32.2. The van der Waals surface area contributed by atoms with Gasteiger partial charge in [-0.1, -0.05) is 18.2 Å². The number of esters is 1. The molecule has 1 atom stereocenters. The fourth-order valence-corrected chi connectivity index (χ4v) is 3.90. The molecule has 2 N–H and O–H groups in total. The standard InChI is InChI=1S/C22H24N2O5S/c1-14-19(21(25)29-11-12-30-16-7-5-4-6-8-16)20(24-22(26)23-14)17-13-15(27-2)9-10-18(17)28-3/h4-10,13,20H,11-12H2,1-3H3,(H2,23,24,26)/t20-/m0/s1. The van der Waals surface area contributed by atoms with Crippen LogP contribution in [-0.4, -0.2) is 38.6 Å². The van der Waals surface area contributed by atoms with Crippen molar-refractivity contribution in [3.05, 3.63) is 65.4 Å². The second-order valence-corrected chi connectivity index (χ2v) is 7.64. The van der Waals surface area contributed by atoms with Crippen molar-refractivity contribution in [2.75, 3.05) is 26.6 Å². The number of rotatable bonds is 8. The molecule has 0 saturated carbocycles. The number of carbonyl (C=O) groups excluding carboxylic acids is 2. The monoisotopic (exact) mass is 428 g/mol. The molecule has 1 aliphatic rings. The fraction of sp³-hybridized carbons (Fsp3) is 0.273. The zero-order valence-electron chi connectivity index (χ0n) is 17.1. The molecule has 0 bridgehead atoms. The van der Waals surface area contributed by atoms with Crippen molar-refractivity contribution in [1.29, 1.82) is 0 Å². The summed E-state index contributed by atoms with van der Waals surface area (Å²) in [6.07, 6.45) is 0. The quantitative estimate of drug-likeness (QED) is 0.379. The van der Waals surface area contributed by atoms with Gasteiger partial charge in [0, 0.05) is 21.9 Å². The molecule has 0 radical (unpaired) electrons. The first-order valence-electron chi connectivity index (χ1n) is 9.38. The number of allylic oxidation sites excluding steroid dienone is 1. The molecule has 1 aliphatic heterocycles. The number of urea groups is 1. The Hall–Kier alpha value is -3.13. The molecule has 2 aromatic carbocycles. The number of nitrogens with one attached hydrogen (secondary N) is 2. The Morgan fingerprint density at radius 1 is 1.10 bits per heavy atom. The predicted octanol–water partition coefficient (Wildman–Crippen LogP) is 3.67. The van der Waals surface area contributed by atoms with E-state index in [1.54, 1.807) is 44.0 Å². The van der Waals surface area contributed by atoms with Crippen LogP contribution in [0.15, 0.2) is 64.7 Å². The normalized spacial score (nSPS) is 15.8. The minimum atomic E-state index is -0.724. The maximum absolute atomic E-state index is 12.9. The summed E-state index contributed by atoms with van der Waals surface area (Å²) in [6, 6.07) is 14.0. The van der Waals surface area contributed by atoms with E-state index < -0.39 is 18.0 Å². The molecule has 158 valence electrons. The second kappa shape index (κ2) is 10.1. The largest absolute Gasteiger partial charge is 0.497 e. The molecule has 0 aromatic heterocycles. The Bertz CT molecular complexity index is 946. The zero-order valence-corrected chi connectivity index (χ0v) is 17.9. The van der Waals surface area contributed by atoms with E-state index in [9.17, 15) is 9.59 Å². The van der Waals surface area contributed by atoms with Crippen LogP contribution in [0.25, 0.3) is 0 Å². The minimum absolute atomic E-state index is 0.241. The van der Waals surface area contributed by atoms with E-state index in [1.165, 1.54) is 7.11 Å². The van der Waals surface area contributed by atoms with E-state index in [2.05, 4.69) is 10.6 Å². The van der Waals surface area contributed by atoms with Crippen LogP contribution in [0.4, 0.5) is 4.79 Å². The van der Waals surface area contributed by atoms with Crippen molar-refractivity contribution < 1.29 is 23.8 Å². The number of hydrogen-bond donors (Lipinski definition) is 2. The molecule has 0 spiro atoms. The number of thioether (sulfide) groups is 1. The van der Waals surface area contributed by atoms with E-state index in [4.69, 9.17) is 14.2 Å². The maximum Gasteiger partial charge on any atom is 0.338 e. The maximum atomic E-state index is 12.9. The molecule has 3 rings (SSSR count). The van der Waals surface area contributed by atoms with Gasteiger partial charge in [0.1, 0.15) is 18.1 Å². The minimum Gasteiger partial charge on any atom is -0.497 e. The molecule has 0 saturated heterocycles. The van der Waals surface area contributed by atoms with Gasteiger partial charge in [-0.15, -0.1) is 11.8 Å². The van der Waals surface area contributed by atoms with Gasteiger partial charge in [-0.05, 0) is 37.3 Å². The van der Waals surface area contributed by atoms with Gasteiger partial charge in [0.05, 0.1) is 25.8 Å². The molecular formula is C22H24N2O5S. The van der Waals surface area contributed by atoms with Gasteiger partial charge in [0.2, 0.25) is 0 Å². The highest BCUT2D eigenvalue weighted by molar-refractivity contribution is 7.99. The van der Waals surface area contributed by atoms with Gasteiger partial charge in [-0.25, -0.2) is 9.59 Å². The first-order chi connectivity index (χ1) is 14.5. The smallest absolute Gasteiger partial charge is 0.338 e. The summed E-state index contributed by atoms with van der Waals surface area (Å²) in [6.45, 7) is 1.92. The Labute approximate surface area is 179 Å². The van der Waals surface area contributed by atoms with Crippen molar-refractivity contribution >= 4 is 23.8 Å². The molecule has 30 heavy (non-hydrogen) atoms. The molecule has 0 fully saturated rings. The molecule has 1 heterocycles. The summed E-state index contributed by atoms with van der Waals surface area (Å²) >= 11 is 1.60. The number of ether oxygens (including phenoxy) is 3. The van der Waals surface area contributed by atoms with E-state index >= 15 is 0 Å². The molecule has 8 heteroatoms. The van der Waals surface area contributed by atoms with Crippen LogP contribution < -0.4 is 20.1 Å². The molecule has 2 amide bonds. The molecule has 2 aromatic rings. The first-order valence-corrected chi connectivity index (χ1v) is 10.4. The SMILES string of the molecule is COc1ccc(OC)c([C@@H]2NC(=O)NC(C)=C2C(=O)OCCSc2ccccc2)c1. The lowest BCUT2D eigenvalue weighted by molar-refractivity contribution is -0.138. The molecule has 0 unspecified atom stereocenters. The number of benzene rings is 2. The summed E-state index contributed by atoms with van der Waals surface area (Å²) in [4.78, 5) is 26.1. The van der Waals surface area contributed by atoms with Crippen molar-refractivity contribution in [3.8, 4) is 11.5 Å². The lowest BCUT2D eigenvalue weighted by atomic mass is 9.94. The van der Waals surface area contributed by atoms with Crippen molar-refractivity contribution in [1.82, 2.24) is 10.6 Å². The van der Waals surface area contributed by atoms with Crippen LogP contribution in [0.2, 0.25) is 0 Å². The van der Waals surface area contributed by atoms with Crippen molar-refractivity contribution in [3.63, 3.8) is 0 Å². The second-order valence-electron chi connectivity index (χ2n) is 6.48. The molecule has 0 aliphatic carbocycles. The van der Waals surface area contributed by atoms with Gasteiger partial charge in [0.25, 0.3) is 0 Å². The summed E-state index contributed by atoms with van der Waals surface area (Å²) in [5.41, 5.74) is 1.37. The molecular weight excluding hydrogens is 404 g/mol. The van der Waals surface area contributed by atoms with Crippen LogP contribution >= 0.6 is 11.8 Å². The topological polar surface area (TPSA) is 85.9 Å². The lowest BCUT2D eigenvalue weighted by Crippen LogP contribution is -2.45. The van der Waals surface area contributed by atoms with Crippen LogP contribution in [-0.2, 0) is 9.53 Å². The summed E-state index contributed by atoms with van der Waals surface area (Å²) in [5, 5.41) is 5.43. The number of amides is 2. The first kappa shape index (κ1) is 21.6. The van der Waals surface area contributed by atoms with E-state index in [-0.39, 0.29) is 6.61 Å². The summed E-state index contributed by atoms with van der Waals surface area (Å²) in [7, 11) is 3.08. The van der Waals surface area contributed by atoms with Gasteiger partial charge < -0.3 is 24.8 Å². The lowest BCUT2D eigenvalue weighted by Gasteiger charge is -2.29. The summed E-state index contributed by atoms with van der Waals surface area (Å²) in [5.74, 6) is 1.24. The van der Waals surface area contributed by atoms with Gasteiger partial charge >= 0.3 is 12.0 Å². The Balaban J connectivity index is 1.77. The number of carbonyl (C=O) groups is 2. The van der Waals surface area contributed by atoms with Crippen LogP contribution in [0, 0.1) is 0 Å². The Kier molecular flexibility index (Phi) is 7.24. The third kappa shape index (κ3) is 5.07. The average molecular weight is 429 g/mol. The van der Waals surface area contributed by atoms with Crippen LogP contribution in [0.5, 0.6) is 11.5 Å². The Morgan fingerprint density at radius 3 is 2.57 bits per heavy atom. The van der Waals surface area contributed by atoms with E-state index in [0.717, 1.165) is 4.90 Å². The van der Waals surface area contributed by atoms with E-state index in [1.807, 2.05) is 30.3 Å². The fourth-order valence-electron chi connectivity index (χ4n) is 3.15. The van der Waals surface area contributed by atoms with Gasteiger partial charge in [0.15, 0.2) is 0 Å². The van der Waals surface area contributed by atoms with Crippen LogP contribution in [0.1, 0.15) is 18.5 Å². The highest BCUT2D eigenvalue weighted by Gasteiger charge is 2.34.